The van der Waals surface area contributed by atoms with Gasteiger partial charge in [0.2, 0.25) is 5.56 Å². The number of carbonyl (C=O) groups excluding carboxylic acids is 1. The van der Waals surface area contributed by atoms with Crippen molar-refractivity contribution in [3.8, 4) is 0 Å². The maximum Gasteiger partial charge on any atom is 0.254 e. The van der Waals surface area contributed by atoms with E-state index in [-0.39, 0.29) is 17.0 Å². The third-order valence-corrected chi connectivity index (χ3v) is 6.33. The first-order chi connectivity index (χ1) is 11.6. The number of aryl methyl sites for hydroxylation is 1. The Labute approximate surface area is 143 Å². The number of hydrogen-bond acceptors (Lipinski definition) is 3. The molecule has 1 N–H and O–H groups in total. The van der Waals surface area contributed by atoms with Gasteiger partial charge in [0.15, 0.2) is 0 Å². The fraction of sp³-hybridized carbons (Fsp3) is 0.684. The van der Waals surface area contributed by atoms with Crippen molar-refractivity contribution < 1.29 is 4.79 Å². The Balaban J connectivity index is 1.69. The maximum atomic E-state index is 13.4. The summed E-state index contributed by atoms with van der Waals surface area (Å²) in [6.45, 7) is 2.94. The first kappa shape index (κ1) is 15.9. The minimum absolute atomic E-state index is 0.0216. The molecule has 1 spiro atoms. The third kappa shape index (κ3) is 2.59. The van der Waals surface area contributed by atoms with Crippen molar-refractivity contribution >= 4 is 5.91 Å². The number of likely N-dealkylation sites (tertiary alicyclic amines) is 2. The van der Waals surface area contributed by atoms with Crippen LogP contribution in [0.1, 0.15) is 60.1 Å². The molecule has 0 unspecified atom stereocenters. The number of hydrogen-bond donors (Lipinski definition) is 1. The van der Waals surface area contributed by atoms with Crippen LogP contribution >= 0.6 is 0 Å². The molecule has 1 aliphatic carbocycles. The molecule has 1 aromatic rings. The number of carbonyl (C=O) groups is 1. The van der Waals surface area contributed by atoms with E-state index in [0.29, 0.717) is 5.56 Å². The van der Waals surface area contributed by atoms with E-state index in [4.69, 9.17) is 0 Å². The standard InChI is InChI=1S/C19H27N3O2/c1-21-11-8-19(9-12-21)7-4-10-22(19)18(24)15-13-17(23)20-16-6-3-2-5-14(15)16/h13H,2-12H2,1H3,(H,20,23). The Morgan fingerprint density at radius 1 is 1.08 bits per heavy atom. The van der Waals surface area contributed by atoms with Crippen LogP contribution in [0.4, 0.5) is 0 Å². The van der Waals surface area contributed by atoms with Crippen molar-refractivity contribution in [2.24, 2.45) is 0 Å². The van der Waals surface area contributed by atoms with Gasteiger partial charge in [-0.05, 0) is 64.0 Å². The summed E-state index contributed by atoms with van der Waals surface area (Å²) in [5.74, 6) is 0.0984. The quantitative estimate of drug-likeness (QED) is 0.857. The Hall–Kier alpha value is -1.62. The van der Waals surface area contributed by atoms with Crippen molar-refractivity contribution in [3.05, 3.63) is 33.2 Å². The number of fused-ring (bicyclic) bond motifs is 1. The fourth-order valence-corrected chi connectivity index (χ4v) is 4.89. The van der Waals surface area contributed by atoms with Gasteiger partial charge in [-0.2, -0.15) is 0 Å². The highest BCUT2D eigenvalue weighted by molar-refractivity contribution is 5.96. The van der Waals surface area contributed by atoms with Gasteiger partial charge in [-0.15, -0.1) is 0 Å². The van der Waals surface area contributed by atoms with Gasteiger partial charge >= 0.3 is 0 Å². The Morgan fingerprint density at radius 3 is 2.62 bits per heavy atom. The predicted octanol–water partition coefficient (Wildman–Crippen LogP) is 1.95. The highest BCUT2D eigenvalue weighted by atomic mass is 16.2. The van der Waals surface area contributed by atoms with Gasteiger partial charge in [-0.3, -0.25) is 9.59 Å². The number of rotatable bonds is 1. The van der Waals surface area contributed by atoms with Gasteiger partial charge in [-0.25, -0.2) is 0 Å². The number of piperidine rings is 1. The molecule has 0 saturated carbocycles. The van der Waals surface area contributed by atoms with Crippen molar-refractivity contribution in [3.63, 3.8) is 0 Å². The zero-order valence-electron chi connectivity index (χ0n) is 14.6. The van der Waals surface area contributed by atoms with Crippen LogP contribution in [0.3, 0.4) is 0 Å². The Bertz CT molecular complexity index is 701. The molecule has 2 aliphatic heterocycles. The molecule has 0 bridgehead atoms. The summed E-state index contributed by atoms with van der Waals surface area (Å²) in [6.07, 6.45) is 8.31. The van der Waals surface area contributed by atoms with E-state index in [1.165, 1.54) is 0 Å². The number of amides is 1. The van der Waals surface area contributed by atoms with E-state index >= 15 is 0 Å². The van der Waals surface area contributed by atoms with Crippen molar-refractivity contribution in [1.82, 2.24) is 14.8 Å². The van der Waals surface area contributed by atoms with Gasteiger partial charge in [0, 0.05) is 42.5 Å². The number of nitrogens with one attached hydrogen (secondary N) is 1. The van der Waals surface area contributed by atoms with Crippen LogP contribution in [0, 0.1) is 0 Å². The summed E-state index contributed by atoms with van der Waals surface area (Å²) in [7, 11) is 2.15. The zero-order valence-corrected chi connectivity index (χ0v) is 14.6. The van der Waals surface area contributed by atoms with Gasteiger partial charge in [0.25, 0.3) is 5.91 Å². The largest absolute Gasteiger partial charge is 0.333 e. The lowest BCUT2D eigenvalue weighted by Crippen LogP contribution is -2.53. The lowest BCUT2D eigenvalue weighted by Gasteiger charge is -2.44. The van der Waals surface area contributed by atoms with Crippen LogP contribution in [-0.4, -0.2) is 52.9 Å². The zero-order chi connectivity index (χ0) is 16.7. The van der Waals surface area contributed by atoms with Crippen LogP contribution in [0.15, 0.2) is 10.9 Å². The van der Waals surface area contributed by atoms with Crippen molar-refractivity contribution in [2.45, 2.75) is 56.9 Å². The van der Waals surface area contributed by atoms with Crippen LogP contribution in [0.2, 0.25) is 0 Å². The van der Waals surface area contributed by atoms with E-state index < -0.39 is 0 Å². The minimum atomic E-state index is -0.129. The number of H-pyrrole nitrogens is 1. The average molecular weight is 329 g/mol. The van der Waals surface area contributed by atoms with E-state index in [1.807, 2.05) is 0 Å². The van der Waals surface area contributed by atoms with Crippen molar-refractivity contribution in [1.29, 1.82) is 0 Å². The van der Waals surface area contributed by atoms with Gasteiger partial charge in [0.1, 0.15) is 0 Å². The molecular weight excluding hydrogens is 302 g/mol. The summed E-state index contributed by atoms with van der Waals surface area (Å²) < 4.78 is 0. The predicted molar refractivity (Wildman–Crippen MR) is 93.4 cm³/mol. The molecule has 24 heavy (non-hydrogen) atoms. The molecule has 3 heterocycles. The Kier molecular flexibility index (Phi) is 3.99. The maximum absolute atomic E-state index is 13.4. The lowest BCUT2D eigenvalue weighted by atomic mass is 9.84. The van der Waals surface area contributed by atoms with Gasteiger partial charge in [-0.1, -0.05) is 0 Å². The van der Waals surface area contributed by atoms with Crippen LogP contribution in [0.25, 0.3) is 0 Å². The molecule has 5 heteroatoms. The Morgan fingerprint density at radius 2 is 1.83 bits per heavy atom. The smallest absolute Gasteiger partial charge is 0.254 e. The number of aromatic amines is 1. The van der Waals surface area contributed by atoms with E-state index in [9.17, 15) is 9.59 Å². The average Bonchev–Trinajstić information content (AvgIpc) is 2.99. The summed E-state index contributed by atoms with van der Waals surface area (Å²) in [5.41, 5.74) is 2.66. The van der Waals surface area contributed by atoms with E-state index in [2.05, 4.69) is 21.8 Å². The molecule has 3 aliphatic rings. The number of nitrogens with zero attached hydrogens (tertiary/aromatic N) is 2. The second-order valence-electron chi connectivity index (χ2n) is 7.80. The molecular formula is C19H27N3O2. The number of aromatic nitrogens is 1. The summed E-state index contributed by atoms with van der Waals surface area (Å²) in [6, 6.07) is 1.55. The summed E-state index contributed by atoms with van der Waals surface area (Å²) >= 11 is 0. The van der Waals surface area contributed by atoms with E-state index in [1.54, 1.807) is 6.07 Å². The first-order valence-electron chi connectivity index (χ1n) is 9.35. The normalized spacial score (nSPS) is 23.5. The molecule has 2 saturated heterocycles. The summed E-state index contributed by atoms with van der Waals surface area (Å²) in [5, 5.41) is 0. The minimum Gasteiger partial charge on any atom is -0.333 e. The van der Waals surface area contributed by atoms with E-state index in [0.717, 1.165) is 82.3 Å². The van der Waals surface area contributed by atoms with Gasteiger partial charge < -0.3 is 14.8 Å². The molecule has 1 amide bonds. The molecule has 5 nitrogen and oxygen atoms in total. The molecule has 1 aromatic heterocycles. The molecule has 0 radical (unpaired) electrons. The first-order valence-corrected chi connectivity index (χ1v) is 9.35. The highest BCUT2D eigenvalue weighted by Gasteiger charge is 2.45. The monoisotopic (exact) mass is 329 g/mol. The molecule has 0 aromatic carbocycles. The molecule has 2 fully saturated rings. The van der Waals surface area contributed by atoms with Crippen LogP contribution < -0.4 is 5.56 Å². The second-order valence-corrected chi connectivity index (χ2v) is 7.80. The molecule has 0 atom stereocenters. The second kappa shape index (κ2) is 6.03. The highest BCUT2D eigenvalue weighted by Crippen LogP contribution is 2.39. The fourth-order valence-electron chi connectivity index (χ4n) is 4.89. The van der Waals surface area contributed by atoms with Crippen molar-refractivity contribution in [2.75, 3.05) is 26.7 Å². The lowest BCUT2D eigenvalue weighted by molar-refractivity contribution is 0.0407. The van der Waals surface area contributed by atoms with Crippen LogP contribution in [0.5, 0.6) is 0 Å². The number of pyridine rings is 1. The topological polar surface area (TPSA) is 56.4 Å². The molecule has 130 valence electrons. The van der Waals surface area contributed by atoms with Gasteiger partial charge in [0.05, 0.1) is 0 Å². The molecule has 4 rings (SSSR count). The summed E-state index contributed by atoms with van der Waals surface area (Å²) in [4.78, 5) is 32.9. The SMILES string of the molecule is CN1CCC2(CCCN2C(=O)c2cc(=O)[nH]c3c2CCCC3)CC1. The van der Waals surface area contributed by atoms with Crippen LogP contribution in [-0.2, 0) is 12.8 Å². The third-order valence-electron chi connectivity index (χ3n) is 6.33.